The molecule has 5 heteroatoms. The van der Waals surface area contributed by atoms with Crippen molar-refractivity contribution in [3.8, 4) is 33.6 Å². The van der Waals surface area contributed by atoms with E-state index in [0.717, 1.165) is 55.2 Å². The molecule has 3 heterocycles. The fraction of sp³-hybridized carbons (Fsp3) is 0.102. The normalized spacial score (nSPS) is 13.1. The summed E-state index contributed by atoms with van der Waals surface area (Å²) in [6, 6.07) is 52.6. The number of aryl methyl sites for hydroxylation is 1. The number of nitrogens with zero attached hydrogens (tertiary/aromatic N) is 2. The SMILES string of the molecule is [2H]C([2H])([2H])c1c[c-]c(-c2cc(-c3ccccc3)c([Si](C)(C)C)cn2)cc1.[2H]C([2H])(c1ccccc1)c1ccc2oc3c[c-]c(-c4cc5ccccc5cn4)cc3c2c1.[Ir]. The monoisotopic (exact) mass is 898 g/mol. The van der Waals surface area contributed by atoms with E-state index in [-0.39, 0.29) is 20.1 Å². The first-order valence-corrected chi connectivity index (χ1v) is 21.1. The van der Waals surface area contributed by atoms with E-state index in [0.29, 0.717) is 16.7 Å². The van der Waals surface area contributed by atoms with Crippen molar-refractivity contribution in [2.24, 2.45) is 0 Å². The zero-order valence-corrected chi connectivity index (χ0v) is 33.5. The minimum absolute atomic E-state index is 0. The van der Waals surface area contributed by atoms with Crippen molar-refractivity contribution < 1.29 is 31.4 Å². The van der Waals surface area contributed by atoms with Crippen LogP contribution in [0.4, 0.5) is 0 Å². The van der Waals surface area contributed by atoms with Gasteiger partial charge in [-0.1, -0.05) is 135 Å². The van der Waals surface area contributed by atoms with Gasteiger partial charge in [0.15, 0.2) is 0 Å². The summed E-state index contributed by atoms with van der Waals surface area (Å²) in [6.45, 7) is 4.83. The van der Waals surface area contributed by atoms with Crippen molar-refractivity contribution >= 4 is 46.0 Å². The molecule has 54 heavy (non-hydrogen) atoms. The van der Waals surface area contributed by atoms with Gasteiger partial charge in [-0.15, -0.1) is 59.2 Å². The summed E-state index contributed by atoms with van der Waals surface area (Å²) in [5.41, 5.74) is 8.67. The van der Waals surface area contributed by atoms with Crippen LogP contribution in [0.5, 0.6) is 0 Å². The summed E-state index contributed by atoms with van der Waals surface area (Å²) in [7, 11) is -1.57. The van der Waals surface area contributed by atoms with Crippen molar-refractivity contribution in [2.45, 2.75) is 32.9 Å². The second-order valence-corrected chi connectivity index (χ2v) is 19.1. The van der Waals surface area contributed by atoms with Crippen LogP contribution in [-0.2, 0) is 26.5 Å². The van der Waals surface area contributed by atoms with E-state index in [1.807, 2.05) is 103 Å². The standard InChI is InChI=1S/C28H18NO.C21H22NSi.Ir/c1-2-6-19(7-3-1)14-20-10-12-27-24(15-20)25-16-22(11-13-28(25)30-27)26-17-21-8-4-5-9-23(21)18-29-26;1-16-10-12-18(13-11-16)20-14-19(17-8-6-5-7-9-17)21(15-22-20)23(2,3)4;/h1-10,12-13,15-18H,14H2;5-12,14-15H,1-4H3;/q2*-1;/i14D2;1D3;. The number of hydrogen-bond donors (Lipinski definition) is 0. The van der Waals surface area contributed by atoms with Crippen molar-refractivity contribution in [3.05, 3.63) is 187 Å². The van der Waals surface area contributed by atoms with E-state index in [1.165, 1.54) is 16.3 Å². The largest absolute Gasteiger partial charge is 0.500 e. The first kappa shape index (κ1) is 31.0. The van der Waals surface area contributed by atoms with Crippen LogP contribution in [0.3, 0.4) is 0 Å². The minimum atomic E-state index is -2.11. The molecule has 0 atom stereocenters. The third-order valence-electron chi connectivity index (χ3n) is 9.26. The van der Waals surface area contributed by atoms with Gasteiger partial charge in [0, 0.05) is 44.7 Å². The smallest absolute Gasteiger partial charge is 0.120 e. The van der Waals surface area contributed by atoms with Gasteiger partial charge in [-0.2, -0.15) is 0 Å². The molecule has 0 spiro atoms. The number of furan rings is 1. The summed E-state index contributed by atoms with van der Waals surface area (Å²) in [6.07, 6.45) is 2.25. The third kappa shape index (κ3) is 8.05. The summed E-state index contributed by atoms with van der Waals surface area (Å²) >= 11 is 0. The topological polar surface area (TPSA) is 38.9 Å². The Labute approximate surface area is 339 Å². The summed E-state index contributed by atoms with van der Waals surface area (Å²) in [4.78, 5) is 9.28. The van der Waals surface area contributed by atoms with Crippen molar-refractivity contribution in [3.63, 3.8) is 0 Å². The van der Waals surface area contributed by atoms with Crippen LogP contribution >= 0.6 is 0 Å². The number of hydrogen-bond acceptors (Lipinski definition) is 3. The van der Waals surface area contributed by atoms with E-state index in [2.05, 4.69) is 72.1 Å². The molecular formula is C49H40IrN2OSi-2. The van der Waals surface area contributed by atoms with Crippen molar-refractivity contribution in [1.82, 2.24) is 9.97 Å². The molecular weight excluding hydrogens is 853 g/mol. The molecule has 3 nitrogen and oxygen atoms in total. The Morgan fingerprint density at radius 3 is 2.06 bits per heavy atom. The fourth-order valence-electron chi connectivity index (χ4n) is 6.51. The van der Waals surface area contributed by atoms with Gasteiger partial charge in [0.25, 0.3) is 0 Å². The minimum Gasteiger partial charge on any atom is -0.500 e. The molecule has 9 aromatic rings. The van der Waals surface area contributed by atoms with Crippen LogP contribution in [0.2, 0.25) is 19.6 Å². The number of benzene rings is 6. The second kappa shape index (κ2) is 15.9. The second-order valence-electron chi connectivity index (χ2n) is 14.1. The van der Waals surface area contributed by atoms with Crippen LogP contribution in [0, 0.1) is 19.0 Å². The molecule has 0 unspecified atom stereocenters. The molecule has 0 N–H and O–H groups in total. The van der Waals surface area contributed by atoms with E-state index >= 15 is 0 Å². The summed E-state index contributed by atoms with van der Waals surface area (Å²) in [5, 5.41) is 5.34. The van der Waals surface area contributed by atoms with Crippen molar-refractivity contribution in [2.75, 3.05) is 0 Å². The number of aromatic nitrogens is 2. The molecule has 0 fully saturated rings. The molecule has 3 aromatic heterocycles. The number of pyridine rings is 2. The molecule has 9 rings (SSSR count). The summed E-state index contributed by atoms with van der Waals surface area (Å²) < 4.78 is 45.9. The number of rotatable bonds is 6. The average Bonchev–Trinajstić information content (AvgIpc) is 3.61. The first-order chi connectivity index (χ1) is 27.8. The van der Waals surface area contributed by atoms with Gasteiger partial charge in [0.1, 0.15) is 5.58 Å². The van der Waals surface area contributed by atoms with Gasteiger partial charge >= 0.3 is 0 Å². The van der Waals surface area contributed by atoms with E-state index in [1.54, 1.807) is 24.3 Å². The van der Waals surface area contributed by atoms with Crippen LogP contribution in [0.25, 0.3) is 66.4 Å². The molecule has 1 radical (unpaired) electrons. The molecule has 0 aliphatic rings. The van der Waals surface area contributed by atoms with Gasteiger partial charge in [-0.05, 0) is 68.1 Å². The Hall–Kier alpha value is -5.45. The van der Waals surface area contributed by atoms with Crippen LogP contribution in [0.1, 0.15) is 23.5 Å². The maximum Gasteiger partial charge on any atom is 0.120 e. The molecule has 267 valence electrons. The van der Waals surface area contributed by atoms with Crippen molar-refractivity contribution in [1.29, 1.82) is 0 Å². The zero-order valence-electron chi connectivity index (χ0n) is 35.1. The fourth-order valence-corrected chi connectivity index (χ4v) is 7.98. The Morgan fingerprint density at radius 2 is 1.31 bits per heavy atom. The Morgan fingerprint density at radius 1 is 0.630 bits per heavy atom. The third-order valence-corrected chi connectivity index (χ3v) is 11.3. The van der Waals surface area contributed by atoms with Crippen LogP contribution < -0.4 is 5.19 Å². The maximum absolute atomic E-state index is 8.72. The quantitative estimate of drug-likeness (QED) is 0.123. The molecule has 6 aromatic carbocycles. The van der Waals surface area contributed by atoms with Gasteiger partial charge < -0.3 is 14.4 Å². The molecule has 0 bridgehead atoms. The van der Waals surface area contributed by atoms with E-state index in [4.69, 9.17) is 11.3 Å². The zero-order chi connectivity index (χ0) is 40.7. The predicted octanol–water partition coefficient (Wildman–Crippen LogP) is 12.3. The molecule has 0 saturated carbocycles. The molecule has 0 amide bonds. The Bertz CT molecular complexity index is 2890. The van der Waals surface area contributed by atoms with Gasteiger partial charge in [-0.25, -0.2) is 0 Å². The number of fused-ring (bicyclic) bond motifs is 4. The van der Waals surface area contributed by atoms with Gasteiger partial charge in [0.05, 0.1) is 13.7 Å². The van der Waals surface area contributed by atoms with Gasteiger partial charge in [0.2, 0.25) is 0 Å². The molecule has 0 aliphatic carbocycles. The average molecular weight is 898 g/mol. The maximum atomic E-state index is 8.72. The Balaban J connectivity index is 0.000000180. The molecule has 0 aliphatic heterocycles. The predicted molar refractivity (Wildman–Crippen MR) is 224 cm³/mol. The first-order valence-electron chi connectivity index (χ1n) is 20.1. The van der Waals surface area contributed by atoms with Gasteiger partial charge in [-0.3, -0.25) is 0 Å². The van der Waals surface area contributed by atoms with E-state index in [9.17, 15) is 0 Å². The molecule has 0 saturated heterocycles. The van der Waals surface area contributed by atoms with E-state index < -0.39 is 21.3 Å². The van der Waals surface area contributed by atoms with Crippen LogP contribution in [-0.4, -0.2) is 18.0 Å². The summed E-state index contributed by atoms with van der Waals surface area (Å²) in [5.74, 6) is 0. The van der Waals surface area contributed by atoms with Crippen LogP contribution in [0.15, 0.2) is 162 Å². The Kier molecular flexibility index (Phi) is 9.10.